The molecule has 1 aliphatic carbocycles. The molecule has 2 heterocycles. The Hall–Kier alpha value is -2.21. The van der Waals surface area contributed by atoms with E-state index in [1.54, 1.807) is 17.1 Å². The van der Waals surface area contributed by atoms with E-state index < -0.39 is 0 Å². The molecule has 3 rings (SSSR count). The zero-order valence-electron chi connectivity index (χ0n) is 11.8. The molecule has 2 aromatic heterocycles. The summed E-state index contributed by atoms with van der Waals surface area (Å²) in [7, 11) is 0. The van der Waals surface area contributed by atoms with Gasteiger partial charge in [-0.25, -0.2) is 0 Å². The van der Waals surface area contributed by atoms with Crippen molar-refractivity contribution in [3.8, 4) is 11.3 Å². The van der Waals surface area contributed by atoms with Crippen LogP contribution in [0.3, 0.4) is 0 Å². The fourth-order valence-corrected chi connectivity index (χ4v) is 3.09. The standard InChI is InChI=1S/C15H19N5O/c16-7-10-3-1-5-12-14(10)15(11-4-2-6-18-8-11)19-20(12)9-13(17)21/h2,4,6,8,10H,1,3,5,7,9,16H2,(H2,17,21). The number of aromatic nitrogens is 3. The Bertz CT molecular complexity index is 650. The molecule has 0 saturated heterocycles. The van der Waals surface area contributed by atoms with Gasteiger partial charge in [0.2, 0.25) is 5.91 Å². The maximum atomic E-state index is 11.3. The van der Waals surface area contributed by atoms with Crippen LogP contribution < -0.4 is 11.5 Å². The summed E-state index contributed by atoms with van der Waals surface area (Å²) in [6, 6.07) is 3.86. The van der Waals surface area contributed by atoms with E-state index in [9.17, 15) is 4.79 Å². The van der Waals surface area contributed by atoms with Crippen molar-refractivity contribution in [3.05, 3.63) is 35.8 Å². The third-order valence-corrected chi connectivity index (χ3v) is 4.00. The third kappa shape index (κ3) is 2.54. The average molecular weight is 285 g/mol. The van der Waals surface area contributed by atoms with E-state index in [4.69, 9.17) is 11.5 Å². The first kappa shape index (κ1) is 13.8. The highest BCUT2D eigenvalue weighted by atomic mass is 16.1. The molecule has 0 spiro atoms. The molecule has 21 heavy (non-hydrogen) atoms. The van der Waals surface area contributed by atoms with Crippen LogP contribution in [0, 0.1) is 0 Å². The number of nitrogens with two attached hydrogens (primary N) is 2. The predicted octanol–water partition coefficient (Wildman–Crippen LogP) is 0.809. The highest BCUT2D eigenvalue weighted by Gasteiger charge is 2.28. The van der Waals surface area contributed by atoms with Gasteiger partial charge in [-0.1, -0.05) is 0 Å². The second-order valence-corrected chi connectivity index (χ2v) is 5.40. The monoisotopic (exact) mass is 285 g/mol. The molecule has 0 aliphatic heterocycles. The Morgan fingerprint density at radius 1 is 1.48 bits per heavy atom. The van der Waals surface area contributed by atoms with Crippen LogP contribution in [0.25, 0.3) is 11.3 Å². The number of rotatable bonds is 4. The van der Waals surface area contributed by atoms with Gasteiger partial charge in [0.15, 0.2) is 0 Å². The first-order valence-corrected chi connectivity index (χ1v) is 7.19. The number of fused-ring (bicyclic) bond motifs is 1. The molecule has 0 radical (unpaired) electrons. The molecule has 4 N–H and O–H groups in total. The van der Waals surface area contributed by atoms with Crippen molar-refractivity contribution in [1.82, 2.24) is 14.8 Å². The average Bonchev–Trinajstić information content (AvgIpc) is 2.86. The summed E-state index contributed by atoms with van der Waals surface area (Å²) in [6.07, 6.45) is 6.55. The van der Waals surface area contributed by atoms with Crippen molar-refractivity contribution in [2.24, 2.45) is 11.5 Å². The van der Waals surface area contributed by atoms with E-state index in [0.29, 0.717) is 6.54 Å². The van der Waals surface area contributed by atoms with E-state index >= 15 is 0 Å². The number of pyridine rings is 1. The summed E-state index contributed by atoms with van der Waals surface area (Å²) < 4.78 is 1.74. The quantitative estimate of drug-likeness (QED) is 0.868. The van der Waals surface area contributed by atoms with E-state index in [2.05, 4.69) is 10.1 Å². The van der Waals surface area contributed by atoms with Crippen molar-refractivity contribution in [1.29, 1.82) is 0 Å². The normalized spacial score (nSPS) is 17.5. The Balaban J connectivity index is 2.15. The molecule has 1 amide bonds. The van der Waals surface area contributed by atoms with Crippen LogP contribution in [-0.2, 0) is 17.8 Å². The number of hydrogen-bond donors (Lipinski definition) is 2. The Morgan fingerprint density at radius 3 is 3.00 bits per heavy atom. The minimum atomic E-state index is -0.382. The largest absolute Gasteiger partial charge is 0.368 e. The SMILES string of the molecule is NCC1CCCc2c1c(-c1cccnc1)nn2CC(N)=O. The Morgan fingerprint density at radius 2 is 2.33 bits per heavy atom. The molecule has 0 fully saturated rings. The molecule has 0 aromatic carbocycles. The number of carbonyl (C=O) groups is 1. The minimum absolute atomic E-state index is 0.111. The summed E-state index contributed by atoms with van der Waals surface area (Å²) in [4.78, 5) is 15.4. The molecule has 0 bridgehead atoms. The molecule has 6 heteroatoms. The van der Waals surface area contributed by atoms with Crippen LogP contribution in [0.15, 0.2) is 24.5 Å². The fourth-order valence-electron chi connectivity index (χ4n) is 3.09. The lowest BCUT2D eigenvalue weighted by Crippen LogP contribution is -2.23. The first-order valence-electron chi connectivity index (χ1n) is 7.19. The molecule has 1 unspecified atom stereocenters. The molecule has 0 saturated carbocycles. The van der Waals surface area contributed by atoms with Crippen LogP contribution in [-0.4, -0.2) is 27.2 Å². The summed E-state index contributed by atoms with van der Waals surface area (Å²) in [5.74, 6) is -0.0986. The van der Waals surface area contributed by atoms with Crippen LogP contribution >= 0.6 is 0 Å². The fraction of sp³-hybridized carbons (Fsp3) is 0.400. The topological polar surface area (TPSA) is 99.8 Å². The summed E-state index contributed by atoms with van der Waals surface area (Å²) >= 11 is 0. The van der Waals surface area contributed by atoms with Crippen molar-refractivity contribution >= 4 is 5.91 Å². The maximum absolute atomic E-state index is 11.3. The van der Waals surface area contributed by atoms with Gasteiger partial charge in [-0.05, 0) is 37.9 Å². The van der Waals surface area contributed by atoms with E-state index in [1.807, 2.05) is 12.1 Å². The van der Waals surface area contributed by atoms with Gasteiger partial charge >= 0.3 is 0 Å². The Labute approximate surface area is 123 Å². The second kappa shape index (κ2) is 5.65. The number of nitrogens with zero attached hydrogens (tertiary/aromatic N) is 3. The highest BCUT2D eigenvalue weighted by Crippen LogP contribution is 2.37. The van der Waals surface area contributed by atoms with E-state index in [-0.39, 0.29) is 18.4 Å². The smallest absolute Gasteiger partial charge is 0.239 e. The summed E-state index contributed by atoms with van der Waals surface area (Å²) in [5.41, 5.74) is 15.4. The van der Waals surface area contributed by atoms with Gasteiger partial charge in [0.05, 0.1) is 5.69 Å². The van der Waals surface area contributed by atoms with Crippen LogP contribution in [0.1, 0.15) is 30.0 Å². The maximum Gasteiger partial charge on any atom is 0.239 e. The number of primary amides is 1. The second-order valence-electron chi connectivity index (χ2n) is 5.40. The van der Waals surface area contributed by atoms with Gasteiger partial charge in [-0.2, -0.15) is 5.10 Å². The molecule has 6 nitrogen and oxygen atoms in total. The molecule has 1 aliphatic rings. The van der Waals surface area contributed by atoms with Gasteiger partial charge < -0.3 is 11.5 Å². The van der Waals surface area contributed by atoms with Gasteiger partial charge in [-0.3, -0.25) is 14.5 Å². The Kier molecular flexibility index (Phi) is 3.70. The predicted molar refractivity (Wildman–Crippen MR) is 79.4 cm³/mol. The van der Waals surface area contributed by atoms with Crippen molar-refractivity contribution < 1.29 is 4.79 Å². The van der Waals surface area contributed by atoms with Gasteiger partial charge in [-0.15, -0.1) is 0 Å². The van der Waals surface area contributed by atoms with E-state index in [0.717, 1.165) is 41.8 Å². The first-order chi connectivity index (χ1) is 10.2. The summed E-state index contributed by atoms with van der Waals surface area (Å²) in [6.45, 7) is 0.697. The van der Waals surface area contributed by atoms with E-state index in [1.165, 1.54) is 0 Å². The lowest BCUT2D eigenvalue weighted by atomic mass is 9.84. The number of carbonyl (C=O) groups excluding carboxylic acids is 1. The molecule has 2 aromatic rings. The zero-order valence-corrected chi connectivity index (χ0v) is 11.8. The molecule has 110 valence electrons. The zero-order chi connectivity index (χ0) is 14.8. The van der Waals surface area contributed by atoms with Gasteiger partial charge in [0.25, 0.3) is 0 Å². The number of amides is 1. The van der Waals surface area contributed by atoms with Crippen molar-refractivity contribution in [2.75, 3.05) is 6.54 Å². The summed E-state index contributed by atoms with van der Waals surface area (Å²) in [5, 5.41) is 4.62. The third-order valence-electron chi connectivity index (χ3n) is 4.00. The van der Waals surface area contributed by atoms with Crippen LogP contribution in [0.2, 0.25) is 0 Å². The highest BCUT2D eigenvalue weighted by molar-refractivity contribution is 5.74. The number of hydrogen-bond acceptors (Lipinski definition) is 4. The van der Waals surface area contributed by atoms with Crippen LogP contribution in [0.5, 0.6) is 0 Å². The van der Waals surface area contributed by atoms with Crippen LogP contribution in [0.4, 0.5) is 0 Å². The molecular formula is C15H19N5O. The molecule has 1 atom stereocenters. The van der Waals surface area contributed by atoms with Gasteiger partial charge in [0, 0.05) is 35.1 Å². The molecular weight excluding hydrogens is 266 g/mol. The van der Waals surface area contributed by atoms with Gasteiger partial charge in [0.1, 0.15) is 6.54 Å². The lowest BCUT2D eigenvalue weighted by molar-refractivity contribution is -0.118. The van der Waals surface area contributed by atoms with Crippen molar-refractivity contribution in [3.63, 3.8) is 0 Å². The lowest BCUT2D eigenvalue weighted by Gasteiger charge is -2.22. The van der Waals surface area contributed by atoms with Crippen molar-refractivity contribution in [2.45, 2.75) is 31.7 Å². The minimum Gasteiger partial charge on any atom is -0.368 e.